The number of carbonyl (C=O) groups excluding carboxylic acids is 2. The van der Waals surface area contributed by atoms with Crippen LogP contribution in [0.5, 0.6) is 0 Å². The molecule has 1 amide bonds. The number of carbonyl (C=O) groups is 2. The van der Waals surface area contributed by atoms with E-state index in [2.05, 4.69) is 5.32 Å². The third-order valence-electron chi connectivity index (χ3n) is 5.15. The summed E-state index contributed by atoms with van der Waals surface area (Å²) in [7, 11) is -2.18. The van der Waals surface area contributed by atoms with Crippen LogP contribution >= 0.6 is 18.9 Å². The third kappa shape index (κ3) is 6.05. The molecule has 28 heavy (non-hydrogen) atoms. The van der Waals surface area contributed by atoms with Crippen LogP contribution in [0.25, 0.3) is 0 Å². The van der Waals surface area contributed by atoms with Gasteiger partial charge in [-0.3, -0.25) is 0 Å². The second-order valence-electron chi connectivity index (χ2n) is 7.94. The number of amides is 1. The summed E-state index contributed by atoms with van der Waals surface area (Å²) in [6.07, 6.45) is 0.299. The molecule has 0 heterocycles. The molecular weight excluding hydrogens is 393 g/mol. The standard InChI is InChI=1S/C22H29ClNO3P/c1-15-11-19(23)12-16(2)21(15)24-22(26)17(3)28(4,5)14-20(25)27-13-18-9-7-6-8-10-18/h6-12,17,28H,13-14H2,1-5H3,(H,24,26). The molecule has 0 saturated heterocycles. The minimum atomic E-state index is -2.18. The molecule has 1 N–H and O–H groups in total. The molecule has 6 heteroatoms. The average molecular weight is 422 g/mol. The second kappa shape index (κ2) is 9.54. The molecule has 0 aliphatic heterocycles. The monoisotopic (exact) mass is 421 g/mol. The summed E-state index contributed by atoms with van der Waals surface area (Å²) in [6.45, 7) is 10.1. The van der Waals surface area contributed by atoms with Crippen molar-refractivity contribution in [1.29, 1.82) is 0 Å². The van der Waals surface area contributed by atoms with Gasteiger partial charge in [0.25, 0.3) is 0 Å². The number of benzene rings is 2. The van der Waals surface area contributed by atoms with Crippen LogP contribution in [0.2, 0.25) is 5.02 Å². The molecule has 152 valence electrons. The molecule has 4 nitrogen and oxygen atoms in total. The van der Waals surface area contributed by atoms with E-state index < -0.39 is 7.26 Å². The number of aryl methyl sites for hydroxylation is 2. The maximum absolute atomic E-state index is 12.8. The summed E-state index contributed by atoms with van der Waals surface area (Å²) in [5, 5.41) is 3.68. The molecule has 0 saturated carbocycles. The van der Waals surface area contributed by atoms with E-state index in [1.807, 2.05) is 76.6 Å². The van der Waals surface area contributed by atoms with Crippen molar-refractivity contribution < 1.29 is 14.3 Å². The molecule has 1 unspecified atom stereocenters. The van der Waals surface area contributed by atoms with Crippen molar-refractivity contribution >= 4 is 36.4 Å². The number of esters is 1. The predicted molar refractivity (Wildman–Crippen MR) is 120 cm³/mol. The van der Waals surface area contributed by atoms with Crippen molar-refractivity contribution in [2.75, 3.05) is 24.8 Å². The Hall–Kier alpha value is -1.90. The van der Waals surface area contributed by atoms with E-state index in [1.165, 1.54) is 0 Å². The van der Waals surface area contributed by atoms with Crippen LogP contribution in [0.4, 0.5) is 5.69 Å². The summed E-state index contributed by atoms with van der Waals surface area (Å²) in [6, 6.07) is 13.2. The average Bonchev–Trinajstić information content (AvgIpc) is 2.62. The number of nitrogens with one attached hydrogen (secondary N) is 1. The molecule has 0 radical (unpaired) electrons. The maximum atomic E-state index is 12.8. The van der Waals surface area contributed by atoms with E-state index in [-0.39, 0.29) is 24.1 Å². The molecular formula is C22H29ClNO3P. The number of halogens is 1. The fraction of sp³-hybridized carbons (Fsp3) is 0.364. The summed E-state index contributed by atoms with van der Waals surface area (Å²) in [5.74, 6) is -0.319. The summed E-state index contributed by atoms with van der Waals surface area (Å²) >= 11 is 6.07. The van der Waals surface area contributed by atoms with Gasteiger partial charge in [0, 0.05) is 0 Å². The molecule has 0 aliphatic rings. The van der Waals surface area contributed by atoms with E-state index in [0.717, 1.165) is 22.4 Å². The van der Waals surface area contributed by atoms with Gasteiger partial charge in [-0.2, -0.15) is 0 Å². The number of hydrogen-bond donors (Lipinski definition) is 1. The van der Waals surface area contributed by atoms with Gasteiger partial charge < -0.3 is 0 Å². The first kappa shape index (κ1) is 22.4. The van der Waals surface area contributed by atoms with Gasteiger partial charge in [0.1, 0.15) is 0 Å². The zero-order valence-electron chi connectivity index (χ0n) is 17.1. The first-order valence-electron chi connectivity index (χ1n) is 9.37. The quantitative estimate of drug-likeness (QED) is 0.503. The van der Waals surface area contributed by atoms with Crippen LogP contribution in [-0.4, -0.2) is 37.0 Å². The summed E-state index contributed by atoms with van der Waals surface area (Å²) < 4.78 is 5.41. The summed E-state index contributed by atoms with van der Waals surface area (Å²) in [4.78, 5) is 25.2. The number of hydrogen-bond acceptors (Lipinski definition) is 3. The molecule has 0 fully saturated rings. The molecule has 0 aromatic heterocycles. The summed E-state index contributed by atoms with van der Waals surface area (Å²) in [5.41, 5.74) is 3.35. The van der Waals surface area contributed by atoms with Crippen molar-refractivity contribution in [2.24, 2.45) is 0 Å². The van der Waals surface area contributed by atoms with Gasteiger partial charge in [-0.15, -0.1) is 0 Å². The van der Waals surface area contributed by atoms with Crippen LogP contribution in [0.3, 0.4) is 0 Å². The molecule has 0 bridgehead atoms. The van der Waals surface area contributed by atoms with Gasteiger partial charge in [-0.05, 0) is 0 Å². The minimum absolute atomic E-state index is 0.0685. The van der Waals surface area contributed by atoms with Crippen molar-refractivity contribution in [1.82, 2.24) is 0 Å². The third-order valence-corrected chi connectivity index (χ3v) is 9.18. The van der Waals surface area contributed by atoms with Gasteiger partial charge in [0.15, 0.2) is 0 Å². The van der Waals surface area contributed by atoms with Crippen LogP contribution < -0.4 is 5.32 Å². The fourth-order valence-corrected chi connectivity index (χ4v) is 5.27. The Balaban J connectivity index is 1.98. The molecule has 0 aliphatic carbocycles. The van der Waals surface area contributed by atoms with Gasteiger partial charge >= 0.3 is 173 Å². The molecule has 2 rings (SSSR count). The first-order valence-corrected chi connectivity index (χ1v) is 13.0. The molecule has 0 spiro atoms. The Bertz CT molecular complexity index is 829. The van der Waals surface area contributed by atoms with E-state index in [1.54, 1.807) is 0 Å². The fourth-order valence-electron chi connectivity index (χ4n) is 3.01. The number of ether oxygens (including phenoxy) is 1. The van der Waals surface area contributed by atoms with Crippen LogP contribution in [0, 0.1) is 13.8 Å². The van der Waals surface area contributed by atoms with E-state index in [9.17, 15) is 9.59 Å². The Labute approximate surface area is 173 Å². The van der Waals surface area contributed by atoms with Crippen molar-refractivity contribution in [3.63, 3.8) is 0 Å². The predicted octanol–water partition coefficient (Wildman–Crippen LogP) is 5.04. The van der Waals surface area contributed by atoms with Crippen LogP contribution in [0.1, 0.15) is 23.6 Å². The van der Waals surface area contributed by atoms with E-state index >= 15 is 0 Å². The van der Waals surface area contributed by atoms with Crippen molar-refractivity contribution in [2.45, 2.75) is 33.0 Å². The van der Waals surface area contributed by atoms with Gasteiger partial charge in [-0.25, -0.2) is 0 Å². The van der Waals surface area contributed by atoms with Crippen molar-refractivity contribution in [3.05, 3.63) is 64.2 Å². The van der Waals surface area contributed by atoms with Gasteiger partial charge in [-0.1, -0.05) is 0 Å². The SMILES string of the molecule is Cc1cc(Cl)cc(C)c1NC(=O)C(C)[PH](C)(C)CC(=O)OCc1ccccc1. The van der Waals surface area contributed by atoms with E-state index in [0.29, 0.717) is 11.2 Å². The zero-order valence-corrected chi connectivity index (χ0v) is 18.9. The van der Waals surface area contributed by atoms with Crippen molar-refractivity contribution in [3.8, 4) is 0 Å². The molecule has 1 atom stereocenters. The topological polar surface area (TPSA) is 55.4 Å². The van der Waals surface area contributed by atoms with Crippen LogP contribution in [-0.2, 0) is 20.9 Å². The zero-order chi connectivity index (χ0) is 20.9. The molecule has 2 aromatic carbocycles. The van der Waals surface area contributed by atoms with Crippen LogP contribution in [0.15, 0.2) is 42.5 Å². The Morgan fingerprint density at radius 1 is 1.11 bits per heavy atom. The Morgan fingerprint density at radius 3 is 2.25 bits per heavy atom. The second-order valence-corrected chi connectivity index (χ2v) is 13.6. The first-order chi connectivity index (χ1) is 13.1. The number of anilines is 1. The van der Waals surface area contributed by atoms with Gasteiger partial charge in [0.05, 0.1) is 0 Å². The molecule has 2 aromatic rings. The van der Waals surface area contributed by atoms with E-state index in [4.69, 9.17) is 16.3 Å². The number of rotatable bonds is 7. The Morgan fingerprint density at radius 2 is 1.68 bits per heavy atom. The Kier molecular flexibility index (Phi) is 7.63. The van der Waals surface area contributed by atoms with Gasteiger partial charge in [0.2, 0.25) is 0 Å². The normalized spacial score (nSPS) is 12.9.